The average Bonchev–Trinajstić information content (AvgIpc) is 2.48. The summed E-state index contributed by atoms with van der Waals surface area (Å²) in [7, 11) is 0. The number of hydrogen-bond donors (Lipinski definition) is 0. The lowest BCUT2D eigenvalue weighted by Crippen LogP contribution is -1.92. The van der Waals surface area contributed by atoms with Crippen molar-refractivity contribution in [2.45, 2.75) is 6.92 Å². The minimum absolute atomic E-state index is 0.586. The molecular weight excluding hydrogens is 350 g/mol. The molecule has 0 spiro atoms. The standard InChI is InChI=1S/C17H13BrClNO/c1-2-21-17-8-3-12(10-16(17)18)9-14(11-20)13-4-6-15(19)7-5-13/h3-10H,2H2,1H3/b14-9+. The van der Waals surface area contributed by atoms with Crippen LogP contribution in [0.15, 0.2) is 46.9 Å². The number of rotatable bonds is 4. The fraction of sp³-hybridized carbons (Fsp3) is 0.118. The quantitative estimate of drug-likeness (QED) is 0.526. The highest BCUT2D eigenvalue weighted by Gasteiger charge is 2.04. The van der Waals surface area contributed by atoms with Crippen LogP contribution in [0, 0.1) is 11.3 Å². The van der Waals surface area contributed by atoms with Gasteiger partial charge in [0.2, 0.25) is 0 Å². The lowest BCUT2D eigenvalue weighted by atomic mass is 10.0. The van der Waals surface area contributed by atoms with Gasteiger partial charge in [-0.25, -0.2) is 0 Å². The first-order chi connectivity index (χ1) is 10.1. The summed E-state index contributed by atoms with van der Waals surface area (Å²) in [6, 6.07) is 15.2. The Morgan fingerprint density at radius 1 is 1.29 bits per heavy atom. The van der Waals surface area contributed by atoms with Crippen molar-refractivity contribution < 1.29 is 4.74 Å². The van der Waals surface area contributed by atoms with E-state index in [1.807, 2.05) is 43.3 Å². The summed E-state index contributed by atoms with van der Waals surface area (Å²) in [5.41, 5.74) is 2.35. The van der Waals surface area contributed by atoms with Gasteiger partial charge in [0.15, 0.2) is 0 Å². The van der Waals surface area contributed by atoms with E-state index in [2.05, 4.69) is 22.0 Å². The maximum Gasteiger partial charge on any atom is 0.133 e. The maximum absolute atomic E-state index is 9.33. The van der Waals surface area contributed by atoms with E-state index in [0.717, 1.165) is 21.3 Å². The topological polar surface area (TPSA) is 33.0 Å². The third kappa shape index (κ3) is 4.10. The van der Waals surface area contributed by atoms with Crippen molar-refractivity contribution in [3.05, 3.63) is 63.1 Å². The number of ether oxygens (including phenoxy) is 1. The van der Waals surface area contributed by atoms with Crippen molar-refractivity contribution in [1.82, 2.24) is 0 Å². The van der Waals surface area contributed by atoms with Crippen LogP contribution in [0.5, 0.6) is 5.75 Å². The fourth-order valence-electron chi connectivity index (χ4n) is 1.86. The summed E-state index contributed by atoms with van der Waals surface area (Å²) in [6.07, 6.45) is 1.84. The molecule has 2 rings (SSSR count). The summed E-state index contributed by atoms with van der Waals surface area (Å²) in [4.78, 5) is 0. The molecule has 0 radical (unpaired) electrons. The highest BCUT2D eigenvalue weighted by atomic mass is 79.9. The number of allylic oxidation sites excluding steroid dienone is 1. The largest absolute Gasteiger partial charge is 0.493 e. The van der Waals surface area contributed by atoms with Crippen molar-refractivity contribution >= 4 is 39.2 Å². The Hall–Kier alpha value is -1.76. The minimum Gasteiger partial charge on any atom is -0.493 e. The smallest absolute Gasteiger partial charge is 0.133 e. The van der Waals surface area contributed by atoms with E-state index >= 15 is 0 Å². The Morgan fingerprint density at radius 3 is 2.57 bits per heavy atom. The van der Waals surface area contributed by atoms with Crippen LogP contribution in [0.4, 0.5) is 0 Å². The van der Waals surface area contributed by atoms with Gasteiger partial charge < -0.3 is 4.74 Å². The van der Waals surface area contributed by atoms with E-state index in [1.165, 1.54) is 0 Å². The van der Waals surface area contributed by atoms with Crippen LogP contribution in [0.2, 0.25) is 5.02 Å². The van der Waals surface area contributed by atoms with Crippen molar-refractivity contribution in [2.24, 2.45) is 0 Å². The van der Waals surface area contributed by atoms with E-state index in [-0.39, 0.29) is 0 Å². The first kappa shape index (κ1) is 15.6. The summed E-state index contributed by atoms with van der Waals surface area (Å²) in [5.74, 6) is 0.791. The van der Waals surface area contributed by atoms with E-state index in [9.17, 15) is 5.26 Å². The summed E-state index contributed by atoms with van der Waals surface area (Å²) in [5, 5.41) is 9.98. The van der Waals surface area contributed by atoms with Crippen LogP contribution in [-0.4, -0.2) is 6.61 Å². The van der Waals surface area contributed by atoms with Gasteiger partial charge in [0.25, 0.3) is 0 Å². The van der Waals surface area contributed by atoms with E-state index in [4.69, 9.17) is 16.3 Å². The molecule has 2 aromatic carbocycles. The number of nitriles is 1. The molecule has 2 nitrogen and oxygen atoms in total. The van der Waals surface area contributed by atoms with Gasteiger partial charge >= 0.3 is 0 Å². The van der Waals surface area contributed by atoms with E-state index in [0.29, 0.717) is 17.2 Å². The molecule has 106 valence electrons. The number of benzene rings is 2. The average molecular weight is 363 g/mol. The van der Waals surface area contributed by atoms with Gasteiger partial charge in [-0.15, -0.1) is 0 Å². The van der Waals surface area contributed by atoms with E-state index < -0.39 is 0 Å². The molecule has 21 heavy (non-hydrogen) atoms. The summed E-state index contributed by atoms with van der Waals surface area (Å²) in [6.45, 7) is 2.55. The van der Waals surface area contributed by atoms with Crippen LogP contribution < -0.4 is 4.74 Å². The molecule has 0 aliphatic heterocycles. The first-order valence-electron chi connectivity index (χ1n) is 6.44. The monoisotopic (exact) mass is 361 g/mol. The van der Waals surface area contributed by atoms with Crippen molar-refractivity contribution in [3.63, 3.8) is 0 Å². The Kier molecular flexibility index (Phi) is 5.44. The van der Waals surface area contributed by atoms with Crippen molar-refractivity contribution in [1.29, 1.82) is 5.26 Å². The zero-order valence-corrected chi connectivity index (χ0v) is 13.8. The highest BCUT2D eigenvalue weighted by Crippen LogP contribution is 2.28. The fourth-order valence-corrected chi connectivity index (χ4v) is 2.49. The lowest BCUT2D eigenvalue weighted by molar-refractivity contribution is 0.338. The second-order valence-electron chi connectivity index (χ2n) is 4.30. The number of nitrogens with zero attached hydrogens (tertiary/aromatic N) is 1. The zero-order chi connectivity index (χ0) is 15.2. The zero-order valence-electron chi connectivity index (χ0n) is 11.4. The number of hydrogen-bond acceptors (Lipinski definition) is 2. The SMILES string of the molecule is CCOc1ccc(/C=C(\C#N)c2ccc(Cl)cc2)cc1Br. The van der Waals surface area contributed by atoms with Crippen LogP contribution >= 0.6 is 27.5 Å². The number of halogens is 2. The van der Waals surface area contributed by atoms with Crippen molar-refractivity contribution in [3.8, 4) is 11.8 Å². The Balaban J connectivity index is 2.34. The first-order valence-corrected chi connectivity index (χ1v) is 7.61. The van der Waals surface area contributed by atoms with Crippen molar-refractivity contribution in [2.75, 3.05) is 6.61 Å². The molecule has 0 N–H and O–H groups in total. The Morgan fingerprint density at radius 2 is 2.00 bits per heavy atom. The van der Waals surface area contributed by atoms with Gasteiger partial charge in [-0.2, -0.15) is 5.26 Å². The molecule has 0 unspecified atom stereocenters. The van der Waals surface area contributed by atoms with Gasteiger partial charge in [-0.1, -0.05) is 29.8 Å². The molecule has 0 aromatic heterocycles. The Bertz CT molecular complexity index is 702. The molecule has 0 saturated carbocycles. The van der Waals surface area contributed by atoms with Gasteiger partial charge in [0.1, 0.15) is 5.75 Å². The van der Waals surface area contributed by atoms with Gasteiger partial charge in [0.05, 0.1) is 22.7 Å². The molecule has 0 atom stereocenters. The predicted octanol–water partition coefficient (Wildman–Crippen LogP) is 5.57. The predicted molar refractivity (Wildman–Crippen MR) is 90.2 cm³/mol. The molecule has 0 heterocycles. The highest BCUT2D eigenvalue weighted by molar-refractivity contribution is 9.10. The summed E-state index contributed by atoms with van der Waals surface area (Å²) >= 11 is 9.34. The third-order valence-corrected chi connectivity index (χ3v) is 3.71. The second kappa shape index (κ2) is 7.31. The third-order valence-electron chi connectivity index (χ3n) is 2.84. The maximum atomic E-state index is 9.33. The van der Waals surface area contributed by atoms with Crippen LogP contribution in [0.25, 0.3) is 11.6 Å². The van der Waals surface area contributed by atoms with Crippen LogP contribution in [0.1, 0.15) is 18.1 Å². The summed E-state index contributed by atoms with van der Waals surface area (Å²) < 4.78 is 6.34. The van der Waals surface area contributed by atoms with Gasteiger partial charge in [-0.3, -0.25) is 0 Å². The molecule has 2 aromatic rings. The van der Waals surface area contributed by atoms with E-state index in [1.54, 1.807) is 12.1 Å². The van der Waals surface area contributed by atoms with Gasteiger partial charge in [0, 0.05) is 5.02 Å². The van der Waals surface area contributed by atoms with Gasteiger partial charge in [-0.05, 0) is 64.3 Å². The minimum atomic E-state index is 0.586. The lowest BCUT2D eigenvalue weighted by Gasteiger charge is -2.06. The molecule has 0 aliphatic carbocycles. The molecule has 0 fully saturated rings. The second-order valence-corrected chi connectivity index (χ2v) is 5.59. The van der Waals surface area contributed by atoms with Crippen LogP contribution in [-0.2, 0) is 0 Å². The molecule has 4 heteroatoms. The molecule has 0 saturated heterocycles. The molecular formula is C17H13BrClNO. The molecule has 0 aliphatic rings. The van der Waals surface area contributed by atoms with Crippen LogP contribution in [0.3, 0.4) is 0 Å². The molecule has 0 bridgehead atoms. The molecule has 0 amide bonds. The Labute approximate surface area is 137 Å². The normalized spacial score (nSPS) is 11.0.